The zero-order chi connectivity index (χ0) is 37.4. The van der Waals surface area contributed by atoms with Crippen LogP contribution in [-0.2, 0) is 6.18 Å². The number of rotatable bonds is 9. The Balaban J connectivity index is 1.10. The normalized spacial score (nSPS) is 46.9. The van der Waals surface area contributed by atoms with Gasteiger partial charge < -0.3 is 20.4 Å². The van der Waals surface area contributed by atoms with E-state index in [1.54, 1.807) is 0 Å². The summed E-state index contributed by atoms with van der Waals surface area (Å²) in [6.07, 6.45) is 12.6. The fourth-order valence-corrected chi connectivity index (χ4v) is 15.5. The quantitative estimate of drug-likeness (QED) is 0.156. The molecule has 10 aliphatic carbocycles. The minimum Gasteiger partial charge on any atom is -0.394 e. The van der Waals surface area contributed by atoms with Crippen molar-refractivity contribution in [3.05, 3.63) is 59.2 Å². The van der Waals surface area contributed by atoms with Crippen LogP contribution in [0.1, 0.15) is 113 Å². The smallest absolute Gasteiger partial charge is 0.394 e. The second kappa shape index (κ2) is 12.0. The Morgan fingerprint density at radius 1 is 0.906 bits per heavy atom. The van der Waals surface area contributed by atoms with E-state index < -0.39 is 45.8 Å². The van der Waals surface area contributed by atoms with E-state index in [1.165, 1.54) is 50.7 Å². The summed E-state index contributed by atoms with van der Waals surface area (Å²) < 4.78 is 41.8. The Bertz CT molecular complexity index is 1690. The summed E-state index contributed by atoms with van der Waals surface area (Å²) >= 11 is 0. The molecule has 6 bridgehead atoms. The Kier molecular flexibility index (Phi) is 8.27. The first-order chi connectivity index (χ1) is 25.0. The molecule has 2 spiro atoms. The first kappa shape index (κ1) is 36.6. The summed E-state index contributed by atoms with van der Waals surface area (Å²) in [5.74, 6) is 1.78. The van der Waals surface area contributed by atoms with Gasteiger partial charge in [0.05, 0.1) is 30.0 Å². The minimum absolute atomic E-state index is 0.0230. The fourth-order valence-electron chi connectivity index (χ4n) is 15.5. The molecule has 0 aliphatic heterocycles. The van der Waals surface area contributed by atoms with Crippen LogP contribution >= 0.6 is 0 Å². The summed E-state index contributed by atoms with van der Waals surface area (Å²) in [4.78, 5) is 17.1. The highest BCUT2D eigenvalue weighted by Crippen LogP contribution is 2.78. The molecular weight excluding hydrogens is 679 g/mol. The van der Waals surface area contributed by atoms with Gasteiger partial charge in [0.15, 0.2) is 5.78 Å². The number of halogens is 3. The van der Waals surface area contributed by atoms with Crippen LogP contribution < -0.4 is 0 Å². The maximum atomic E-state index is 14.9. The summed E-state index contributed by atoms with van der Waals surface area (Å²) in [5.41, 5.74) is -3.49. The number of hydrogen-bond donors (Lipinski definition) is 4. The number of carbonyl (C=O) groups excluding carboxylic acids is 1. The highest BCUT2D eigenvalue weighted by Gasteiger charge is 2.74. The van der Waals surface area contributed by atoms with Gasteiger partial charge in [-0.25, -0.2) is 0 Å². The third kappa shape index (κ3) is 5.25. The van der Waals surface area contributed by atoms with Crippen molar-refractivity contribution in [1.82, 2.24) is 4.90 Å². The average Bonchev–Trinajstić information content (AvgIpc) is 3.36. The van der Waals surface area contributed by atoms with Crippen LogP contribution in [0.3, 0.4) is 0 Å². The Morgan fingerprint density at radius 3 is 2.21 bits per heavy atom. The number of hydrogen-bond acceptors (Lipinski definition) is 6. The van der Waals surface area contributed by atoms with Crippen LogP contribution in [0.4, 0.5) is 13.2 Å². The van der Waals surface area contributed by atoms with Crippen molar-refractivity contribution in [3.8, 4) is 0 Å². The number of ketones is 1. The maximum Gasteiger partial charge on any atom is 0.416 e. The average molecular weight is 738 g/mol. The zero-order valence-electron chi connectivity index (χ0n) is 31.4. The first-order valence-electron chi connectivity index (χ1n) is 20.5. The zero-order valence-corrected chi connectivity index (χ0v) is 31.4. The van der Waals surface area contributed by atoms with Gasteiger partial charge in [-0.05, 0) is 136 Å². The van der Waals surface area contributed by atoms with Gasteiger partial charge in [0, 0.05) is 47.0 Å². The second-order valence-corrected chi connectivity index (χ2v) is 20.1. The second-order valence-electron chi connectivity index (χ2n) is 20.1. The van der Waals surface area contributed by atoms with Crippen LogP contribution in [0.5, 0.6) is 0 Å². The van der Waals surface area contributed by atoms with Crippen molar-refractivity contribution in [2.45, 2.75) is 121 Å². The van der Waals surface area contributed by atoms with Crippen LogP contribution in [0.2, 0.25) is 0 Å². The number of fused-ring (bicyclic) bond motifs is 1. The molecule has 6 nitrogen and oxygen atoms in total. The Morgan fingerprint density at radius 2 is 1.55 bits per heavy atom. The lowest BCUT2D eigenvalue weighted by Crippen LogP contribution is -2.67. The van der Waals surface area contributed by atoms with Crippen molar-refractivity contribution >= 4 is 5.78 Å². The van der Waals surface area contributed by atoms with E-state index in [9.17, 15) is 38.4 Å². The van der Waals surface area contributed by atoms with E-state index in [4.69, 9.17) is 0 Å². The summed E-state index contributed by atoms with van der Waals surface area (Å²) in [5, 5.41) is 45.0. The summed E-state index contributed by atoms with van der Waals surface area (Å²) in [6, 6.07) is 4.79. The van der Waals surface area contributed by atoms with E-state index in [0.29, 0.717) is 37.8 Å². The van der Waals surface area contributed by atoms with Gasteiger partial charge in [0.25, 0.3) is 0 Å². The topological polar surface area (TPSA) is 101 Å². The number of nitrogens with zero attached hydrogens (tertiary/aromatic N) is 1. The molecular formula is C44H58F3NO5. The predicted octanol–water partition coefficient (Wildman–Crippen LogP) is 7.35. The lowest BCUT2D eigenvalue weighted by atomic mass is 9.32. The van der Waals surface area contributed by atoms with Gasteiger partial charge in [-0.3, -0.25) is 9.69 Å². The molecule has 290 valence electrons. The highest BCUT2D eigenvalue weighted by atomic mass is 19.4. The molecule has 0 amide bonds. The van der Waals surface area contributed by atoms with Gasteiger partial charge in [-0.15, -0.1) is 0 Å². The molecule has 9 unspecified atom stereocenters. The number of alkyl halides is 3. The Labute approximate surface area is 311 Å². The van der Waals surface area contributed by atoms with Crippen molar-refractivity contribution < 1.29 is 38.4 Å². The monoisotopic (exact) mass is 737 g/mol. The third-order valence-electron chi connectivity index (χ3n) is 17.3. The molecule has 11 rings (SSSR count). The van der Waals surface area contributed by atoms with Gasteiger partial charge in [0.2, 0.25) is 0 Å². The molecule has 9 atom stereocenters. The molecule has 4 N–H and O–H groups in total. The van der Waals surface area contributed by atoms with E-state index in [-0.39, 0.29) is 47.2 Å². The van der Waals surface area contributed by atoms with E-state index in [0.717, 1.165) is 55.7 Å². The molecule has 7 fully saturated rings. The molecule has 0 saturated heterocycles. The van der Waals surface area contributed by atoms with Crippen LogP contribution in [0, 0.1) is 56.7 Å². The fraction of sp³-hybridized carbons (Fsp3) is 0.750. The van der Waals surface area contributed by atoms with Gasteiger partial charge in [-0.1, -0.05) is 44.2 Å². The van der Waals surface area contributed by atoms with Crippen LogP contribution in [0.25, 0.3) is 0 Å². The van der Waals surface area contributed by atoms with E-state index >= 15 is 0 Å². The van der Waals surface area contributed by atoms with Crippen molar-refractivity contribution in [3.63, 3.8) is 0 Å². The van der Waals surface area contributed by atoms with E-state index in [2.05, 4.69) is 37.0 Å². The molecule has 9 heteroatoms. The van der Waals surface area contributed by atoms with Crippen LogP contribution in [-0.4, -0.2) is 75.2 Å². The lowest BCUT2D eigenvalue weighted by molar-refractivity contribution is -0.179. The largest absolute Gasteiger partial charge is 0.416 e. The molecule has 0 aromatic heterocycles. The van der Waals surface area contributed by atoms with Crippen molar-refractivity contribution in [1.29, 1.82) is 0 Å². The van der Waals surface area contributed by atoms with Gasteiger partial charge in [0.1, 0.15) is 0 Å². The standard InChI is InChI=1S/C44H58F3NO5/c1-38-9-6-32(50)21-41(38)12-13-43(34(22-41)37(52)30-4-3-5-31(17-30)44(45,46)47)35(38)7-10-39(2)36(43)8-11-42(39,53)26-48(23-33(51)24-49)25-40-18-27-14-28(19-40)16-29(15-27)20-40/h3-5,12-13,17,22,27-29,32-33,35-36,49-51,53H,6-11,14-16,18-21,23-26H2,1-2H3. The molecule has 7 saturated carbocycles. The molecule has 1 aromatic rings. The summed E-state index contributed by atoms with van der Waals surface area (Å²) in [6.45, 7) is 5.61. The highest BCUT2D eigenvalue weighted by molar-refractivity contribution is 6.10. The molecule has 0 radical (unpaired) electrons. The van der Waals surface area contributed by atoms with Gasteiger partial charge >= 0.3 is 6.18 Å². The predicted molar refractivity (Wildman–Crippen MR) is 194 cm³/mol. The maximum absolute atomic E-state index is 14.9. The number of Topliss-reactive ketones (excluding diaryl/α,β-unsaturated/α-hetero) is 1. The number of benzene rings is 1. The third-order valence-corrected chi connectivity index (χ3v) is 17.3. The number of aliphatic hydroxyl groups excluding tert-OH is 3. The lowest BCUT2D eigenvalue weighted by Gasteiger charge is -2.71. The Hall–Kier alpha value is -2.04. The van der Waals surface area contributed by atoms with Crippen molar-refractivity contribution in [2.24, 2.45) is 56.7 Å². The van der Waals surface area contributed by atoms with Crippen molar-refractivity contribution in [2.75, 3.05) is 26.2 Å². The molecule has 53 heavy (non-hydrogen) atoms. The van der Waals surface area contributed by atoms with Crippen LogP contribution in [0.15, 0.2) is 48.1 Å². The van der Waals surface area contributed by atoms with E-state index in [1.807, 2.05) is 0 Å². The molecule has 10 aliphatic rings. The molecule has 0 heterocycles. The first-order valence-corrected chi connectivity index (χ1v) is 20.5. The minimum atomic E-state index is -4.58. The number of aliphatic hydroxyl groups is 4. The SMILES string of the molecule is CC12CCC(O)CC13C=CC1(C(C(=O)c4cccc(C(F)(F)F)c4)=C3)C2CCC2(C)C1CCC2(O)CN(CC(O)CO)CC12CC3CC(CC(C3)C1)C2. The number of carbonyl (C=O) groups is 1. The number of allylic oxidation sites excluding steroid dienone is 4. The van der Waals surface area contributed by atoms with Gasteiger partial charge in [-0.2, -0.15) is 13.2 Å². The molecule has 1 aromatic carbocycles. The summed E-state index contributed by atoms with van der Waals surface area (Å²) in [7, 11) is 0.